The lowest BCUT2D eigenvalue weighted by Gasteiger charge is -2.14. The zero-order chi connectivity index (χ0) is 22.5. The minimum Gasteiger partial charge on any atom is -0.497 e. The second-order valence-corrected chi connectivity index (χ2v) is 6.94. The number of hydrogen-bond acceptors (Lipinski definition) is 5. The lowest BCUT2D eigenvalue weighted by Crippen LogP contribution is -2.20. The van der Waals surface area contributed by atoms with Crippen molar-refractivity contribution in [2.75, 3.05) is 26.1 Å². The fourth-order valence-corrected chi connectivity index (χ4v) is 3.27. The van der Waals surface area contributed by atoms with Crippen LogP contribution in [0.5, 0.6) is 17.2 Å². The van der Waals surface area contributed by atoms with Crippen molar-refractivity contribution in [2.45, 2.75) is 0 Å². The third-order valence-electron chi connectivity index (χ3n) is 4.84. The number of nitrogens with one attached hydrogen (secondary N) is 1. The number of ether oxygens (including phenoxy) is 3. The molecule has 4 aromatic rings. The Hall–Kier alpha value is -4.13. The van der Waals surface area contributed by atoms with Crippen LogP contribution in [0.15, 0.2) is 72.8 Å². The SMILES string of the molecule is COc1ccc(NC(=O)COc2cc(-c3ccccc3)nc3ccc(F)cc23)c(OC)c1. The van der Waals surface area contributed by atoms with Crippen LogP contribution in [0, 0.1) is 5.82 Å². The number of pyridine rings is 1. The molecule has 0 aliphatic rings. The van der Waals surface area contributed by atoms with E-state index in [1.807, 2.05) is 30.3 Å². The van der Waals surface area contributed by atoms with Crippen molar-refractivity contribution in [1.29, 1.82) is 0 Å². The molecule has 0 unspecified atom stereocenters. The molecule has 162 valence electrons. The van der Waals surface area contributed by atoms with Crippen molar-refractivity contribution >= 4 is 22.5 Å². The fraction of sp³-hybridized carbons (Fsp3) is 0.120. The van der Waals surface area contributed by atoms with Gasteiger partial charge in [-0.25, -0.2) is 9.37 Å². The molecule has 4 rings (SSSR count). The first-order chi connectivity index (χ1) is 15.6. The Morgan fingerprint density at radius 2 is 1.75 bits per heavy atom. The second kappa shape index (κ2) is 9.34. The normalized spacial score (nSPS) is 10.6. The van der Waals surface area contributed by atoms with Crippen LogP contribution < -0.4 is 19.5 Å². The second-order valence-electron chi connectivity index (χ2n) is 6.94. The molecule has 0 saturated carbocycles. The molecule has 1 N–H and O–H groups in total. The molecule has 0 aliphatic heterocycles. The third kappa shape index (κ3) is 4.62. The van der Waals surface area contributed by atoms with E-state index in [0.29, 0.717) is 39.5 Å². The number of carbonyl (C=O) groups is 1. The van der Waals surface area contributed by atoms with Gasteiger partial charge in [0.15, 0.2) is 6.61 Å². The number of amides is 1. The molecule has 0 bridgehead atoms. The van der Waals surface area contributed by atoms with Crippen LogP contribution in [-0.2, 0) is 4.79 Å². The zero-order valence-electron chi connectivity index (χ0n) is 17.6. The highest BCUT2D eigenvalue weighted by Crippen LogP contribution is 2.31. The monoisotopic (exact) mass is 432 g/mol. The average Bonchev–Trinajstić information content (AvgIpc) is 2.83. The lowest BCUT2D eigenvalue weighted by molar-refractivity contribution is -0.118. The summed E-state index contributed by atoms with van der Waals surface area (Å²) in [4.78, 5) is 17.2. The number of nitrogens with zero attached hydrogens (tertiary/aromatic N) is 1. The molecule has 3 aromatic carbocycles. The summed E-state index contributed by atoms with van der Waals surface area (Å²) >= 11 is 0. The predicted molar refractivity (Wildman–Crippen MR) is 121 cm³/mol. The summed E-state index contributed by atoms with van der Waals surface area (Å²) in [5.74, 6) is 0.626. The Kier molecular flexibility index (Phi) is 6.17. The number of hydrogen-bond donors (Lipinski definition) is 1. The summed E-state index contributed by atoms with van der Waals surface area (Å²) in [6.45, 7) is -0.279. The van der Waals surface area contributed by atoms with Crippen LogP contribution in [0.3, 0.4) is 0 Å². The van der Waals surface area contributed by atoms with E-state index in [-0.39, 0.29) is 6.61 Å². The Bertz CT molecular complexity index is 1260. The van der Waals surface area contributed by atoms with Crippen molar-refractivity contribution in [3.63, 3.8) is 0 Å². The molecular formula is C25H21FN2O4. The van der Waals surface area contributed by atoms with Gasteiger partial charge < -0.3 is 19.5 Å². The maximum Gasteiger partial charge on any atom is 0.262 e. The highest BCUT2D eigenvalue weighted by Gasteiger charge is 2.13. The molecular weight excluding hydrogens is 411 g/mol. The summed E-state index contributed by atoms with van der Waals surface area (Å²) in [7, 11) is 3.05. The predicted octanol–water partition coefficient (Wildman–Crippen LogP) is 5.08. The van der Waals surface area contributed by atoms with Gasteiger partial charge in [0.25, 0.3) is 5.91 Å². The van der Waals surface area contributed by atoms with Gasteiger partial charge in [0.1, 0.15) is 23.1 Å². The van der Waals surface area contributed by atoms with Crippen LogP contribution in [0.25, 0.3) is 22.2 Å². The lowest BCUT2D eigenvalue weighted by atomic mass is 10.1. The summed E-state index contributed by atoms with van der Waals surface area (Å²) in [5.41, 5.74) is 2.60. The maximum absolute atomic E-state index is 13.9. The molecule has 0 saturated heterocycles. The number of fused-ring (bicyclic) bond motifs is 1. The van der Waals surface area contributed by atoms with E-state index in [4.69, 9.17) is 14.2 Å². The molecule has 0 atom stereocenters. The highest BCUT2D eigenvalue weighted by molar-refractivity contribution is 5.94. The van der Waals surface area contributed by atoms with Crippen molar-refractivity contribution in [3.05, 3.63) is 78.6 Å². The van der Waals surface area contributed by atoms with Crippen LogP contribution in [-0.4, -0.2) is 31.7 Å². The number of rotatable bonds is 7. The van der Waals surface area contributed by atoms with Crippen molar-refractivity contribution in [1.82, 2.24) is 4.98 Å². The summed E-state index contributed by atoms with van der Waals surface area (Å²) in [6, 6.07) is 20.6. The fourth-order valence-electron chi connectivity index (χ4n) is 3.27. The Morgan fingerprint density at radius 3 is 2.50 bits per heavy atom. The first-order valence-electron chi connectivity index (χ1n) is 9.88. The van der Waals surface area contributed by atoms with Gasteiger partial charge in [0.05, 0.1) is 31.1 Å². The van der Waals surface area contributed by atoms with E-state index in [0.717, 1.165) is 5.56 Å². The molecule has 1 heterocycles. The van der Waals surface area contributed by atoms with Gasteiger partial charge in [-0.3, -0.25) is 4.79 Å². The molecule has 0 radical (unpaired) electrons. The van der Waals surface area contributed by atoms with Crippen LogP contribution in [0.1, 0.15) is 0 Å². The molecule has 0 fully saturated rings. The minimum atomic E-state index is -0.413. The quantitative estimate of drug-likeness (QED) is 0.441. The van der Waals surface area contributed by atoms with Crippen LogP contribution >= 0.6 is 0 Å². The number of anilines is 1. The number of aromatic nitrogens is 1. The van der Waals surface area contributed by atoms with E-state index in [9.17, 15) is 9.18 Å². The number of halogens is 1. The van der Waals surface area contributed by atoms with Crippen LogP contribution in [0.4, 0.5) is 10.1 Å². The van der Waals surface area contributed by atoms with E-state index >= 15 is 0 Å². The van der Waals surface area contributed by atoms with Crippen molar-refractivity contribution in [3.8, 4) is 28.5 Å². The van der Waals surface area contributed by atoms with Crippen LogP contribution in [0.2, 0.25) is 0 Å². The first kappa shape index (κ1) is 21.1. The van der Waals surface area contributed by atoms with Gasteiger partial charge >= 0.3 is 0 Å². The number of benzene rings is 3. The minimum absolute atomic E-state index is 0.279. The first-order valence-corrected chi connectivity index (χ1v) is 9.88. The van der Waals surface area contributed by atoms with Gasteiger partial charge in [-0.1, -0.05) is 30.3 Å². The van der Waals surface area contributed by atoms with Gasteiger partial charge in [-0.2, -0.15) is 0 Å². The van der Waals surface area contributed by atoms with Gasteiger partial charge in [0, 0.05) is 23.1 Å². The Labute approximate surface area is 184 Å². The van der Waals surface area contributed by atoms with Gasteiger partial charge in [-0.05, 0) is 30.3 Å². The molecule has 0 spiro atoms. The third-order valence-corrected chi connectivity index (χ3v) is 4.84. The molecule has 7 heteroatoms. The molecule has 32 heavy (non-hydrogen) atoms. The largest absolute Gasteiger partial charge is 0.497 e. The van der Waals surface area contributed by atoms with Crippen molar-refractivity contribution in [2.24, 2.45) is 0 Å². The summed E-state index contributed by atoms with van der Waals surface area (Å²) in [6.07, 6.45) is 0. The number of methoxy groups -OCH3 is 2. The molecule has 6 nitrogen and oxygen atoms in total. The Balaban J connectivity index is 1.58. The van der Waals surface area contributed by atoms with Gasteiger partial charge in [-0.15, -0.1) is 0 Å². The van der Waals surface area contributed by atoms with Crippen molar-refractivity contribution < 1.29 is 23.4 Å². The summed E-state index contributed by atoms with van der Waals surface area (Å²) < 4.78 is 30.2. The molecule has 0 aliphatic carbocycles. The van der Waals surface area contributed by atoms with E-state index in [1.165, 1.54) is 19.2 Å². The molecule has 1 aromatic heterocycles. The van der Waals surface area contributed by atoms with Gasteiger partial charge in [0.2, 0.25) is 0 Å². The van der Waals surface area contributed by atoms with E-state index in [1.54, 1.807) is 37.4 Å². The highest BCUT2D eigenvalue weighted by atomic mass is 19.1. The van der Waals surface area contributed by atoms with E-state index < -0.39 is 11.7 Å². The zero-order valence-corrected chi connectivity index (χ0v) is 17.6. The number of carbonyl (C=O) groups excluding carboxylic acids is 1. The molecule has 1 amide bonds. The van der Waals surface area contributed by atoms with E-state index in [2.05, 4.69) is 10.3 Å². The Morgan fingerprint density at radius 1 is 0.938 bits per heavy atom. The topological polar surface area (TPSA) is 69.7 Å². The average molecular weight is 432 g/mol. The summed E-state index contributed by atoms with van der Waals surface area (Å²) in [5, 5.41) is 3.24. The smallest absolute Gasteiger partial charge is 0.262 e. The maximum atomic E-state index is 13.9. The standard InChI is InChI=1S/C25H21FN2O4/c1-30-18-9-11-21(24(13-18)31-2)28-25(29)15-32-23-14-22(16-6-4-3-5-7-16)27-20-10-8-17(26)12-19(20)23/h3-14H,15H2,1-2H3,(H,28,29).